The van der Waals surface area contributed by atoms with Crippen LogP contribution in [-0.4, -0.2) is 17.0 Å². The van der Waals surface area contributed by atoms with Gasteiger partial charge in [-0.1, -0.05) is 27.2 Å². The summed E-state index contributed by atoms with van der Waals surface area (Å²) in [5.41, 5.74) is 0.176. The average Bonchev–Trinajstić information content (AvgIpc) is 2.66. The van der Waals surface area contributed by atoms with Crippen molar-refractivity contribution in [2.24, 2.45) is 29.1 Å². The lowest BCUT2D eigenvalue weighted by atomic mass is 9.58. The zero-order valence-corrected chi connectivity index (χ0v) is 13.7. The van der Waals surface area contributed by atoms with Crippen LogP contribution in [0.25, 0.3) is 0 Å². The number of aliphatic hydroxyl groups is 1. The van der Waals surface area contributed by atoms with Crippen LogP contribution in [0.5, 0.6) is 0 Å². The third-order valence-electron chi connectivity index (χ3n) is 6.60. The van der Waals surface area contributed by atoms with Gasteiger partial charge >= 0.3 is 0 Å². The highest BCUT2D eigenvalue weighted by atomic mass is 16.3. The maximum atomic E-state index is 11.1. The molecule has 2 nitrogen and oxygen atoms in total. The largest absolute Gasteiger partial charge is 0.393 e. The highest BCUT2D eigenvalue weighted by Gasteiger charge is 2.52. The number of carbonyl (C=O) groups excluding carboxylic acids is 1. The fourth-order valence-electron chi connectivity index (χ4n) is 5.19. The Morgan fingerprint density at radius 1 is 1.35 bits per heavy atom. The second kappa shape index (κ2) is 6.17. The molecule has 2 fully saturated rings. The van der Waals surface area contributed by atoms with Crippen LogP contribution in [0.1, 0.15) is 72.6 Å². The third-order valence-corrected chi connectivity index (χ3v) is 6.60. The SMILES string of the molecule is CC(=O)CCCC(C)C1CCC2(C)C(O)CCC2C1C. The maximum absolute atomic E-state index is 11.1. The van der Waals surface area contributed by atoms with Gasteiger partial charge in [0.15, 0.2) is 0 Å². The molecule has 2 heteroatoms. The Kier molecular flexibility index (Phi) is 4.94. The van der Waals surface area contributed by atoms with Crippen molar-refractivity contribution in [1.29, 1.82) is 0 Å². The van der Waals surface area contributed by atoms with Crippen LogP contribution in [0.3, 0.4) is 0 Å². The lowest BCUT2D eigenvalue weighted by Crippen LogP contribution is -2.43. The number of ketones is 1. The molecule has 0 spiro atoms. The number of hydrogen-bond acceptors (Lipinski definition) is 2. The molecular formula is C18H32O2. The van der Waals surface area contributed by atoms with Crippen LogP contribution in [0.4, 0.5) is 0 Å². The van der Waals surface area contributed by atoms with Gasteiger partial charge in [-0.15, -0.1) is 0 Å². The van der Waals surface area contributed by atoms with Gasteiger partial charge in [0.2, 0.25) is 0 Å². The topological polar surface area (TPSA) is 37.3 Å². The molecule has 2 rings (SSSR count). The first-order valence-corrected chi connectivity index (χ1v) is 8.53. The second-order valence-electron chi connectivity index (χ2n) is 7.84. The van der Waals surface area contributed by atoms with Gasteiger partial charge in [0.05, 0.1) is 6.10 Å². The summed E-state index contributed by atoms with van der Waals surface area (Å²) in [5, 5.41) is 10.3. The summed E-state index contributed by atoms with van der Waals surface area (Å²) >= 11 is 0. The molecule has 0 aromatic rings. The fourth-order valence-corrected chi connectivity index (χ4v) is 5.19. The van der Waals surface area contributed by atoms with Gasteiger partial charge in [-0.3, -0.25) is 0 Å². The van der Waals surface area contributed by atoms with Crippen LogP contribution >= 0.6 is 0 Å². The summed E-state index contributed by atoms with van der Waals surface area (Å²) in [4.78, 5) is 11.1. The van der Waals surface area contributed by atoms with E-state index in [0.29, 0.717) is 17.6 Å². The zero-order chi connectivity index (χ0) is 14.9. The van der Waals surface area contributed by atoms with Crippen molar-refractivity contribution in [3.8, 4) is 0 Å². The van der Waals surface area contributed by atoms with Crippen molar-refractivity contribution in [3.63, 3.8) is 0 Å². The normalized spacial score (nSPS) is 42.2. The van der Waals surface area contributed by atoms with Crippen molar-refractivity contribution in [3.05, 3.63) is 0 Å². The number of Topliss-reactive ketones (excluding diaryl/α,β-unsaturated/α-hetero) is 1. The number of hydrogen-bond donors (Lipinski definition) is 1. The molecular weight excluding hydrogens is 248 g/mol. The van der Waals surface area contributed by atoms with Gasteiger partial charge in [-0.05, 0) is 68.1 Å². The smallest absolute Gasteiger partial charge is 0.129 e. The van der Waals surface area contributed by atoms with Crippen LogP contribution in [0, 0.1) is 29.1 Å². The summed E-state index contributed by atoms with van der Waals surface area (Å²) in [7, 11) is 0. The molecule has 0 saturated heterocycles. The standard InChI is InChI=1S/C18H32O2/c1-12(6-5-7-13(2)19)15-10-11-18(4)16(14(15)3)8-9-17(18)20/h12,14-17,20H,5-11H2,1-4H3. The molecule has 2 saturated carbocycles. The maximum Gasteiger partial charge on any atom is 0.129 e. The molecule has 0 bridgehead atoms. The van der Waals surface area contributed by atoms with E-state index in [1.54, 1.807) is 6.92 Å². The lowest BCUT2D eigenvalue weighted by Gasteiger charge is -2.48. The van der Waals surface area contributed by atoms with E-state index >= 15 is 0 Å². The van der Waals surface area contributed by atoms with Gasteiger partial charge in [-0.25, -0.2) is 0 Å². The molecule has 20 heavy (non-hydrogen) atoms. The minimum Gasteiger partial charge on any atom is -0.393 e. The molecule has 0 heterocycles. The highest BCUT2D eigenvalue weighted by Crippen LogP contribution is 2.57. The molecule has 116 valence electrons. The van der Waals surface area contributed by atoms with Crippen molar-refractivity contribution >= 4 is 5.78 Å². The van der Waals surface area contributed by atoms with Gasteiger partial charge < -0.3 is 9.90 Å². The van der Waals surface area contributed by atoms with Crippen LogP contribution in [-0.2, 0) is 4.79 Å². The number of rotatable bonds is 5. The summed E-state index contributed by atoms with van der Waals surface area (Å²) in [5.74, 6) is 3.24. The van der Waals surface area contributed by atoms with Crippen molar-refractivity contribution < 1.29 is 9.90 Å². The fraction of sp³-hybridized carbons (Fsp3) is 0.944. The number of fused-ring (bicyclic) bond motifs is 1. The first-order valence-electron chi connectivity index (χ1n) is 8.53. The minimum atomic E-state index is -0.0797. The second-order valence-corrected chi connectivity index (χ2v) is 7.84. The highest BCUT2D eigenvalue weighted by molar-refractivity contribution is 5.75. The van der Waals surface area contributed by atoms with Gasteiger partial charge in [-0.2, -0.15) is 0 Å². The van der Waals surface area contributed by atoms with Crippen LogP contribution in [0.15, 0.2) is 0 Å². The van der Waals surface area contributed by atoms with Gasteiger partial charge in [0, 0.05) is 6.42 Å². The lowest BCUT2D eigenvalue weighted by molar-refractivity contribution is -0.117. The van der Waals surface area contributed by atoms with Crippen LogP contribution in [0.2, 0.25) is 0 Å². The predicted molar refractivity (Wildman–Crippen MR) is 82.4 cm³/mol. The third kappa shape index (κ3) is 2.95. The van der Waals surface area contributed by atoms with E-state index in [9.17, 15) is 9.90 Å². The van der Waals surface area contributed by atoms with Gasteiger partial charge in [0.1, 0.15) is 5.78 Å². The average molecular weight is 280 g/mol. The molecule has 1 N–H and O–H groups in total. The molecule has 2 aliphatic rings. The Hall–Kier alpha value is -0.370. The predicted octanol–water partition coefficient (Wildman–Crippen LogP) is 4.21. The Morgan fingerprint density at radius 3 is 2.70 bits per heavy atom. The van der Waals surface area contributed by atoms with Crippen LogP contribution < -0.4 is 0 Å². The Labute approximate surface area is 124 Å². The number of aliphatic hydroxyl groups excluding tert-OH is 1. The van der Waals surface area contributed by atoms with E-state index in [4.69, 9.17) is 0 Å². The van der Waals surface area contributed by atoms with Gasteiger partial charge in [0.25, 0.3) is 0 Å². The van der Waals surface area contributed by atoms with E-state index in [1.165, 1.54) is 25.7 Å². The summed E-state index contributed by atoms with van der Waals surface area (Å²) in [6, 6.07) is 0. The van der Waals surface area contributed by atoms with Crippen molar-refractivity contribution in [1.82, 2.24) is 0 Å². The van der Waals surface area contributed by atoms with E-state index in [2.05, 4.69) is 20.8 Å². The quantitative estimate of drug-likeness (QED) is 0.819. The van der Waals surface area contributed by atoms with E-state index in [1.807, 2.05) is 0 Å². The van der Waals surface area contributed by atoms with Crippen molar-refractivity contribution in [2.75, 3.05) is 0 Å². The van der Waals surface area contributed by atoms with E-state index in [-0.39, 0.29) is 11.5 Å². The zero-order valence-electron chi connectivity index (χ0n) is 13.7. The first-order chi connectivity index (χ1) is 9.36. The summed E-state index contributed by atoms with van der Waals surface area (Å²) in [6.45, 7) is 8.78. The number of carbonyl (C=O) groups is 1. The Bertz CT molecular complexity index is 351. The van der Waals surface area contributed by atoms with E-state index in [0.717, 1.165) is 31.1 Å². The summed E-state index contributed by atoms with van der Waals surface area (Å²) in [6.07, 6.45) is 7.53. The monoisotopic (exact) mass is 280 g/mol. The van der Waals surface area contributed by atoms with E-state index < -0.39 is 0 Å². The Morgan fingerprint density at radius 2 is 2.05 bits per heavy atom. The molecule has 6 atom stereocenters. The molecule has 0 aromatic carbocycles. The molecule has 6 unspecified atom stereocenters. The molecule has 2 aliphatic carbocycles. The molecule has 0 aromatic heterocycles. The molecule has 0 aliphatic heterocycles. The molecule has 0 amide bonds. The first kappa shape index (κ1) is 16.0. The van der Waals surface area contributed by atoms with Crippen molar-refractivity contribution in [2.45, 2.75) is 78.7 Å². The minimum absolute atomic E-state index is 0.0797. The molecule has 0 radical (unpaired) electrons. The summed E-state index contributed by atoms with van der Waals surface area (Å²) < 4.78 is 0. The Balaban J connectivity index is 1.93.